The van der Waals surface area contributed by atoms with Crippen LogP contribution in [-0.2, 0) is 13.1 Å². The lowest BCUT2D eigenvalue weighted by Crippen LogP contribution is -2.32. The van der Waals surface area contributed by atoms with Crippen LogP contribution in [0.1, 0.15) is 42.9 Å². The van der Waals surface area contributed by atoms with Crippen molar-refractivity contribution in [1.29, 1.82) is 0 Å². The molecule has 0 radical (unpaired) electrons. The normalized spacial score (nSPS) is 11.0. The molecule has 0 saturated heterocycles. The molecule has 136 valence electrons. The van der Waals surface area contributed by atoms with Gasteiger partial charge < -0.3 is 9.47 Å². The largest absolute Gasteiger partial charge is 0.331 e. The van der Waals surface area contributed by atoms with Gasteiger partial charge in [-0.3, -0.25) is 4.79 Å². The zero-order valence-electron chi connectivity index (χ0n) is 15.3. The Hall–Kier alpha value is -2.33. The molecule has 0 N–H and O–H groups in total. The highest BCUT2D eigenvalue weighted by atomic mass is 35.5. The van der Waals surface area contributed by atoms with Crippen molar-refractivity contribution >= 4 is 28.5 Å². The number of halogens is 1. The van der Waals surface area contributed by atoms with Crippen LogP contribution in [0.5, 0.6) is 0 Å². The van der Waals surface area contributed by atoms with Gasteiger partial charge in [-0.25, -0.2) is 4.98 Å². The third kappa shape index (κ3) is 3.91. The van der Waals surface area contributed by atoms with E-state index in [2.05, 4.69) is 18.4 Å². The highest BCUT2D eigenvalue weighted by Crippen LogP contribution is 2.22. The van der Waals surface area contributed by atoms with E-state index in [9.17, 15) is 4.79 Å². The number of benzene rings is 2. The van der Waals surface area contributed by atoms with E-state index in [-0.39, 0.29) is 5.91 Å². The second-order valence-electron chi connectivity index (χ2n) is 6.41. The quantitative estimate of drug-likeness (QED) is 0.577. The first kappa shape index (κ1) is 18.5. The van der Waals surface area contributed by atoms with Crippen LogP contribution in [0.15, 0.2) is 48.5 Å². The number of rotatable bonds is 7. The van der Waals surface area contributed by atoms with Crippen LogP contribution in [0.2, 0.25) is 5.02 Å². The molecule has 0 aliphatic heterocycles. The Bertz CT molecular complexity index is 889. The van der Waals surface area contributed by atoms with Crippen LogP contribution in [-0.4, -0.2) is 26.9 Å². The molecule has 3 rings (SSSR count). The average molecular weight is 370 g/mol. The zero-order valence-corrected chi connectivity index (χ0v) is 16.0. The Kier molecular flexibility index (Phi) is 5.94. The van der Waals surface area contributed by atoms with Crippen molar-refractivity contribution in [2.24, 2.45) is 0 Å². The summed E-state index contributed by atoms with van der Waals surface area (Å²) in [5.41, 5.74) is 2.65. The molecule has 1 amide bonds. The monoisotopic (exact) mass is 369 g/mol. The number of hydrogen-bond donors (Lipinski definition) is 0. The number of amides is 1. The Morgan fingerprint density at radius 1 is 1.12 bits per heavy atom. The van der Waals surface area contributed by atoms with E-state index >= 15 is 0 Å². The Labute approximate surface area is 159 Å². The lowest BCUT2D eigenvalue weighted by atomic mass is 10.2. The number of nitrogens with zero attached hydrogens (tertiary/aromatic N) is 3. The van der Waals surface area contributed by atoms with Crippen LogP contribution in [0.3, 0.4) is 0 Å². The zero-order chi connectivity index (χ0) is 18.5. The van der Waals surface area contributed by atoms with Gasteiger partial charge in [0.05, 0.1) is 17.6 Å². The fourth-order valence-electron chi connectivity index (χ4n) is 3.20. The van der Waals surface area contributed by atoms with Crippen molar-refractivity contribution < 1.29 is 4.79 Å². The number of aromatic nitrogens is 2. The second-order valence-corrected chi connectivity index (χ2v) is 6.84. The van der Waals surface area contributed by atoms with Gasteiger partial charge in [-0.2, -0.15) is 0 Å². The van der Waals surface area contributed by atoms with Gasteiger partial charge in [-0.15, -0.1) is 0 Å². The van der Waals surface area contributed by atoms with E-state index in [1.165, 1.54) is 0 Å². The van der Waals surface area contributed by atoms with Crippen molar-refractivity contribution in [2.75, 3.05) is 6.54 Å². The molecular formula is C21H24ClN3O. The molecule has 3 aromatic rings. The van der Waals surface area contributed by atoms with Gasteiger partial charge in [0.2, 0.25) is 0 Å². The second kappa shape index (κ2) is 8.37. The molecule has 0 spiro atoms. The first-order valence-corrected chi connectivity index (χ1v) is 9.50. The molecule has 5 heteroatoms. The summed E-state index contributed by atoms with van der Waals surface area (Å²) in [5.74, 6) is 0.947. The summed E-state index contributed by atoms with van der Waals surface area (Å²) in [7, 11) is 0. The lowest BCUT2D eigenvalue weighted by Gasteiger charge is -2.22. The minimum absolute atomic E-state index is 0.0422. The summed E-state index contributed by atoms with van der Waals surface area (Å²) in [4.78, 5) is 19.6. The Morgan fingerprint density at radius 2 is 1.88 bits per heavy atom. The Balaban J connectivity index is 1.96. The third-order valence-electron chi connectivity index (χ3n) is 4.37. The summed E-state index contributed by atoms with van der Waals surface area (Å²) in [6.07, 6.45) is 1.89. The van der Waals surface area contributed by atoms with Gasteiger partial charge in [0.25, 0.3) is 5.91 Å². The summed E-state index contributed by atoms with van der Waals surface area (Å²) >= 11 is 6.18. The summed E-state index contributed by atoms with van der Waals surface area (Å²) < 4.78 is 2.18. The van der Waals surface area contributed by atoms with Crippen molar-refractivity contribution in [1.82, 2.24) is 14.5 Å². The average Bonchev–Trinajstić information content (AvgIpc) is 2.98. The number of hydrogen-bond acceptors (Lipinski definition) is 2. The molecule has 1 heterocycles. The van der Waals surface area contributed by atoms with E-state index in [1.54, 1.807) is 0 Å². The number of carbonyl (C=O) groups is 1. The van der Waals surface area contributed by atoms with E-state index < -0.39 is 0 Å². The molecular weight excluding hydrogens is 346 g/mol. The van der Waals surface area contributed by atoms with Gasteiger partial charge in [0.15, 0.2) is 0 Å². The standard InChI is InChI=1S/C21H24ClN3O/c1-3-12-24(21(26)16-8-6-5-7-9-16)15-20-23-18-11-10-17(22)14-19(18)25(20)13-4-2/h5-11,14H,3-4,12-13,15H2,1-2H3. The summed E-state index contributed by atoms with van der Waals surface area (Å²) in [6, 6.07) is 15.2. The minimum Gasteiger partial charge on any atom is -0.331 e. The fraction of sp³-hybridized carbons (Fsp3) is 0.333. The highest BCUT2D eigenvalue weighted by Gasteiger charge is 2.19. The molecule has 4 nitrogen and oxygen atoms in total. The molecule has 0 aliphatic rings. The molecule has 0 saturated carbocycles. The maximum absolute atomic E-state index is 12.9. The summed E-state index contributed by atoms with van der Waals surface area (Å²) in [5, 5.41) is 0.701. The number of carbonyl (C=O) groups excluding carboxylic acids is 1. The van der Waals surface area contributed by atoms with Gasteiger partial charge in [0, 0.05) is 23.7 Å². The predicted molar refractivity (Wildman–Crippen MR) is 107 cm³/mol. The molecule has 0 aliphatic carbocycles. The topological polar surface area (TPSA) is 38.1 Å². The van der Waals surface area contributed by atoms with Crippen molar-refractivity contribution in [3.8, 4) is 0 Å². The smallest absolute Gasteiger partial charge is 0.254 e. The number of imidazole rings is 1. The SMILES string of the molecule is CCCN(Cc1nc2ccc(Cl)cc2n1CCC)C(=O)c1ccccc1. The van der Waals surface area contributed by atoms with E-state index in [4.69, 9.17) is 16.6 Å². The molecule has 1 aromatic heterocycles. The third-order valence-corrected chi connectivity index (χ3v) is 4.61. The van der Waals surface area contributed by atoms with Crippen molar-refractivity contribution in [3.63, 3.8) is 0 Å². The summed E-state index contributed by atoms with van der Waals surface area (Å²) in [6.45, 7) is 6.27. The van der Waals surface area contributed by atoms with Crippen LogP contribution < -0.4 is 0 Å². The molecule has 2 aromatic carbocycles. The molecule has 0 bridgehead atoms. The van der Waals surface area contributed by atoms with Gasteiger partial charge in [-0.1, -0.05) is 43.6 Å². The maximum Gasteiger partial charge on any atom is 0.254 e. The fourth-order valence-corrected chi connectivity index (χ4v) is 3.36. The van der Waals surface area contributed by atoms with Gasteiger partial charge >= 0.3 is 0 Å². The van der Waals surface area contributed by atoms with Crippen LogP contribution in [0.4, 0.5) is 0 Å². The highest BCUT2D eigenvalue weighted by molar-refractivity contribution is 6.31. The van der Waals surface area contributed by atoms with Crippen LogP contribution in [0, 0.1) is 0 Å². The molecule has 0 atom stereocenters. The number of aryl methyl sites for hydroxylation is 1. The first-order chi connectivity index (χ1) is 12.6. The van der Waals surface area contributed by atoms with Crippen molar-refractivity contribution in [3.05, 3.63) is 64.9 Å². The van der Waals surface area contributed by atoms with E-state index in [0.717, 1.165) is 36.2 Å². The number of fused-ring (bicyclic) bond motifs is 1. The van der Waals surface area contributed by atoms with E-state index in [0.29, 0.717) is 23.7 Å². The minimum atomic E-state index is 0.0422. The van der Waals surface area contributed by atoms with Crippen LogP contribution >= 0.6 is 11.6 Å². The predicted octanol–water partition coefficient (Wildman–Crippen LogP) is 5.15. The molecule has 0 fully saturated rings. The van der Waals surface area contributed by atoms with Gasteiger partial charge in [0.1, 0.15) is 5.82 Å². The maximum atomic E-state index is 12.9. The molecule has 0 unspecified atom stereocenters. The lowest BCUT2D eigenvalue weighted by molar-refractivity contribution is 0.0737. The van der Waals surface area contributed by atoms with Crippen molar-refractivity contribution in [2.45, 2.75) is 39.8 Å². The first-order valence-electron chi connectivity index (χ1n) is 9.13. The van der Waals surface area contributed by atoms with E-state index in [1.807, 2.05) is 53.4 Å². The Morgan fingerprint density at radius 3 is 2.58 bits per heavy atom. The molecule has 26 heavy (non-hydrogen) atoms. The van der Waals surface area contributed by atoms with Crippen LogP contribution in [0.25, 0.3) is 11.0 Å². The van der Waals surface area contributed by atoms with Gasteiger partial charge in [-0.05, 0) is 43.2 Å².